The average molecular weight is 287 g/mol. The van der Waals surface area contributed by atoms with Crippen LogP contribution in [0.4, 0.5) is 5.82 Å². The second kappa shape index (κ2) is 7.91. The molecule has 2 N–H and O–H groups in total. The molecule has 0 bridgehead atoms. The number of hydrogen-bond donors (Lipinski definition) is 2. The second-order valence-corrected chi connectivity index (χ2v) is 4.21. The largest absolute Gasteiger partial charge is 0.383 e. The summed E-state index contributed by atoms with van der Waals surface area (Å²) >= 11 is 0. The van der Waals surface area contributed by atoms with Crippen molar-refractivity contribution in [3.63, 3.8) is 0 Å². The van der Waals surface area contributed by atoms with Crippen molar-refractivity contribution in [3.8, 4) is 0 Å². The number of rotatable bonds is 7. The van der Waals surface area contributed by atoms with E-state index in [9.17, 15) is 4.79 Å². The summed E-state index contributed by atoms with van der Waals surface area (Å²) in [5.74, 6) is 0.324. The molecular formula is C14H17N5O2. The Bertz CT molecular complexity index is 559. The Labute approximate surface area is 122 Å². The van der Waals surface area contributed by atoms with Crippen molar-refractivity contribution in [1.29, 1.82) is 0 Å². The lowest BCUT2D eigenvalue weighted by Crippen LogP contribution is -2.24. The number of ether oxygens (including phenoxy) is 1. The van der Waals surface area contributed by atoms with Gasteiger partial charge in [0.2, 0.25) is 0 Å². The van der Waals surface area contributed by atoms with Crippen molar-refractivity contribution < 1.29 is 9.53 Å². The summed E-state index contributed by atoms with van der Waals surface area (Å²) in [7, 11) is 1.63. The van der Waals surface area contributed by atoms with Gasteiger partial charge in [0, 0.05) is 19.9 Å². The fraction of sp³-hybridized carbons (Fsp3) is 0.286. The molecule has 0 saturated carbocycles. The number of aromatic nitrogens is 3. The van der Waals surface area contributed by atoms with E-state index in [2.05, 4.69) is 25.6 Å². The van der Waals surface area contributed by atoms with Crippen molar-refractivity contribution in [2.45, 2.75) is 6.54 Å². The molecule has 21 heavy (non-hydrogen) atoms. The molecule has 0 radical (unpaired) electrons. The highest BCUT2D eigenvalue weighted by Gasteiger charge is 2.07. The Balaban J connectivity index is 1.85. The molecule has 2 rings (SSSR count). The zero-order valence-corrected chi connectivity index (χ0v) is 11.7. The average Bonchev–Trinajstić information content (AvgIpc) is 2.54. The molecule has 2 aromatic rings. The van der Waals surface area contributed by atoms with Crippen LogP contribution in [0.2, 0.25) is 0 Å². The van der Waals surface area contributed by atoms with Gasteiger partial charge in [-0.25, -0.2) is 9.97 Å². The fourth-order valence-electron chi connectivity index (χ4n) is 1.58. The van der Waals surface area contributed by atoms with Crippen LogP contribution >= 0.6 is 0 Å². The van der Waals surface area contributed by atoms with Crippen LogP contribution in [0.5, 0.6) is 0 Å². The number of carbonyl (C=O) groups excluding carboxylic acids is 1. The number of hydrogen-bond acceptors (Lipinski definition) is 6. The van der Waals surface area contributed by atoms with E-state index in [1.807, 2.05) is 18.2 Å². The maximum atomic E-state index is 11.9. The fourth-order valence-corrected chi connectivity index (χ4v) is 1.58. The summed E-state index contributed by atoms with van der Waals surface area (Å²) in [5, 5.41) is 5.77. The smallest absolute Gasteiger partial charge is 0.271 e. The van der Waals surface area contributed by atoms with E-state index in [1.54, 1.807) is 13.3 Å². The van der Waals surface area contributed by atoms with Crippen LogP contribution in [-0.2, 0) is 11.3 Å². The highest BCUT2D eigenvalue weighted by Crippen LogP contribution is 2.01. The third kappa shape index (κ3) is 4.81. The first-order valence-electron chi connectivity index (χ1n) is 6.52. The molecule has 7 nitrogen and oxygen atoms in total. The normalized spacial score (nSPS) is 10.1. The zero-order chi connectivity index (χ0) is 14.9. The molecule has 0 aliphatic heterocycles. The summed E-state index contributed by atoms with van der Waals surface area (Å²) < 4.78 is 4.92. The standard InChI is InChI=1S/C14H17N5O2/c1-21-7-6-16-13-10-17-12(9-18-13)14(20)19-8-11-4-2-3-5-15-11/h2-5,9-10H,6-8H2,1H3,(H,16,18)(H,19,20). The van der Waals surface area contributed by atoms with Gasteiger partial charge in [0.25, 0.3) is 5.91 Å². The molecule has 0 unspecified atom stereocenters. The molecule has 0 fully saturated rings. The third-order valence-corrected chi connectivity index (χ3v) is 2.65. The molecule has 0 aliphatic rings. The van der Waals surface area contributed by atoms with Gasteiger partial charge in [0.15, 0.2) is 0 Å². The number of amides is 1. The Kier molecular flexibility index (Phi) is 5.60. The molecule has 0 saturated heterocycles. The van der Waals surface area contributed by atoms with E-state index in [1.165, 1.54) is 12.4 Å². The minimum atomic E-state index is -0.281. The van der Waals surface area contributed by atoms with Crippen molar-refractivity contribution in [2.24, 2.45) is 0 Å². The zero-order valence-electron chi connectivity index (χ0n) is 11.7. The van der Waals surface area contributed by atoms with Gasteiger partial charge in [0.05, 0.1) is 31.2 Å². The summed E-state index contributed by atoms with van der Waals surface area (Å²) in [6.07, 6.45) is 4.63. The first kappa shape index (κ1) is 14.9. The molecule has 110 valence electrons. The predicted molar refractivity (Wildman–Crippen MR) is 77.8 cm³/mol. The summed E-state index contributed by atoms with van der Waals surface area (Å²) in [6, 6.07) is 5.54. The third-order valence-electron chi connectivity index (χ3n) is 2.65. The molecule has 1 amide bonds. The van der Waals surface area contributed by atoms with E-state index in [0.717, 1.165) is 5.69 Å². The quantitative estimate of drug-likeness (QED) is 0.734. The number of carbonyl (C=O) groups is 1. The Hall–Kier alpha value is -2.54. The van der Waals surface area contributed by atoms with Gasteiger partial charge < -0.3 is 15.4 Å². The van der Waals surface area contributed by atoms with Gasteiger partial charge in [-0.05, 0) is 12.1 Å². The summed E-state index contributed by atoms with van der Waals surface area (Å²) in [6.45, 7) is 1.57. The number of nitrogens with one attached hydrogen (secondary N) is 2. The van der Waals surface area contributed by atoms with E-state index in [0.29, 0.717) is 25.5 Å². The summed E-state index contributed by atoms with van der Waals surface area (Å²) in [5.41, 5.74) is 1.06. The molecule has 0 aromatic carbocycles. The minimum absolute atomic E-state index is 0.267. The monoisotopic (exact) mass is 287 g/mol. The van der Waals surface area contributed by atoms with E-state index >= 15 is 0 Å². The number of pyridine rings is 1. The van der Waals surface area contributed by atoms with Crippen LogP contribution in [0.15, 0.2) is 36.8 Å². The lowest BCUT2D eigenvalue weighted by molar-refractivity contribution is 0.0945. The number of anilines is 1. The molecule has 0 spiro atoms. The SMILES string of the molecule is COCCNc1cnc(C(=O)NCc2ccccn2)cn1. The van der Waals surface area contributed by atoms with Gasteiger partial charge in [-0.1, -0.05) is 6.07 Å². The summed E-state index contributed by atoms with van der Waals surface area (Å²) in [4.78, 5) is 24.2. The molecule has 2 heterocycles. The lowest BCUT2D eigenvalue weighted by Gasteiger charge is -2.06. The van der Waals surface area contributed by atoms with Gasteiger partial charge in [-0.15, -0.1) is 0 Å². The van der Waals surface area contributed by atoms with Gasteiger partial charge in [-0.3, -0.25) is 9.78 Å². The molecule has 0 atom stereocenters. The highest BCUT2D eigenvalue weighted by molar-refractivity contribution is 5.91. The van der Waals surface area contributed by atoms with Crippen LogP contribution < -0.4 is 10.6 Å². The van der Waals surface area contributed by atoms with E-state index in [-0.39, 0.29) is 11.6 Å². The Morgan fingerprint density at radius 1 is 1.24 bits per heavy atom. The maximum Gasteiger partial charge on any atom is 0.271 e. The van der Waals surface area contributed by atoms with Crippen LogP contribution in [-0.4, -0.2) is 41.1 Å². The second-order valence-electron chi connectivity index (χ2n) is 4.21. The van der Waals surface area contributed by atoms with Crippen molar-refractivity contribution in [2.75, 3.05) is 25.6 Å². The van der Waals surface area contributed by atoms with Gasteiger partial charge >= 0.3 is 0 Å². The number of nitrogens with zero attached hydrogens (tertiary/aromatic N) is 3. The van der Waals surface area contributed by atoms with Crippen LogP contribution in [0.25, 0.3) is 0 Å². The number of methoxy groups -OCH3 is 1. The highest BCUT2D eigenvalue weighted by atomic mass is 16.5. The first-order valence-corrected chi connectivity index (χ1v) is 6.52. The van der Waals surface area contributed by atoms with Crippen LogP contribution in [0, 0.1) is 0 Å². The van der Waals surface area contributed by atoms with Crippen molar-refractivity contribution in [3.05, 3.63) is 48.2 Å². The lowest BCUT2D eigenvalue weighted by atomic mass is 10.3. The first-order chi connectivity index (χ1) is 10.3. The Morgan fingerprint density at radius 3 is 2.81 bits per heavy atom. The van der Waals surface area contributed by atoms with Crippen molar-refractivity contribution in [1.82, 2.24) is 20.3 Å². The minimum Gasteiger partial charge on any atom is -0.383 e. The van der Waals surface area contributed by atoms with Crippen LogP contribution in [0.3, 0.4) is 0 Å². The molecule has 0 aliphatic carbocycles. The molecule has 2 aromatic heterocycles. The predicted octanol–water partition coefficient (Wildman–Crippen LogP) is 0.860. The van der Waals surface area contributed by atoms with Gasteiger partial charge in [0.1, 0.15) is 11.5 Å². The van der Waals surface area contributed by atoms with Crippen LogP contribution in [0.1, 0.15) is 16.2 Å². The van der Waals surface area contributed by atoms with E-state index < -0.39 is 0 Å². The van der Waals surface area contributed by atoms with E-state index in [4.69, 9.17) is 4.74 Å². The van der Waals surface area contributed by atoms with Crippen molar-refractivity contribution >= 4 is 11.7 Å². The molecular weight excluding hydrogens is 270 g/mol. The topological polar surface area (TPSA) is 89.0 Å². The molecule has 7 heteroatoms. The van der Waals surface area contributed by atoms with Gasteiger partial charge in [-0.2, -0.15) is 0 Å². The Morgan fingerprint density at radius 2 is 2.14 bits per heavy atom. The maximum absolute atomic E-state index is 11.9.